The van der Waals surface area contributed by atoms with Crippen LogP contribution in [-0.4, -0.2) is 36.8 Å². The Hall–Kier alpha value is -4.39. The fourth-order valence-corrected chi connectivity index (χ4v) is 3.54. The molecule has 1 aromatic carbocycles. The maximum Gasteiger partial charge on any atom is 0.347 e. The molecule has 14 heteroatoms. The maximum atomic E-state index is 14.5. The Labute approximate surface area is 207 Å². The highest BCUT2D eigenvalue weighted by molar-refractivity contribution is 6.30. The van der Waals surface area contributed by atoms with E-state index in [1.165, 1.54) is 41.9 Å². The first-order chi connectivity index (χ1) is 17.2. The minimum atomic E-state index is -3.58. The largest absolute Gasteiger partial charge is 0.618 e. The number of nitrogens with zero attached hydrogens (tertiary/aromatic N) is 6. The molecule has 2 N–H and O–H groups in total. The van der Waals surface area contributed by atoms with Crippen LogP contribution in [0.15, 0.2) is 72.4 Å². The molecule has 0 radical (unpaired) electrons. The normalized spacial score (nSPS) is 11.3. The summed E-state index contributed by atoms with van der Waals surface area (Å²) in [6, 6.07) is 8.69. The van der Waals surface area contributed by atoms with Crippen molar-refractivity contribution in [3.05, 3.63) is 99.5 Å². The summed E-state index contributed by atoms with van der Waals surface area (Å²) in [6.45, 7) is -1.35. The number of benzene rings is 1. The van der Waals surface area contributed by atoms with Crippen molar-refractivity contribution in [3.8, 4) is 5.69 Å². The highest BCUT2D eigenvalue weighted by Gasteiger charge is 2.39. The van der Waals surface area contributed by atoms with E-state index in [2.05, 4.69) is 25.7 Å². The van der Waals surface area contributed by atoms with Gasteiger partial charge in [-0.05, 0) is 29.8 Å². The van der Waals surface area contributed by atoms with E-state index in [1.807, 2.05) is 0 Å². The van der Waals surface area contributed by atoms with Crippen molar-refractivity contribution in [2.24, 2.45) is 0 Å². The fourth-order valence-electron chi connectivity index (χ4n) is 3.35. The fraction of sp³-hybridized carbons (Fsp3) is 0.182. The molecule has 0 aliphatic heterocycles. The Morgan fingerprint density at radius 1 is 1.25 bits per heavy atom. The molecule has 3 heterocycles. The lowest BCUT2D eigenvalue weighted by Gasteiger charge is -2.16. The number of carbonyl (C=O) groups is 1. The monoisotopic (exact) mass is 516 g/mol. The van der Waals surface area contributed by atoms with Crippen molar-refractivity contribution in [1.29, 1.82) is 0 Å². The number of amides is 1. The van der Waals surface area contributed by atoms with E-state index in [1.54, 1.807) is 18.2 Å². The van der Waals surface area contributed by atoms with Gasteiger partial charge in [0.25, 0.3) is 11.3 Å². The standard InChI is InChI=1S/C22H19ClF2N8O3/c23-16-4-5-17(32-14-26-13-30-32)15(9-16)10-28-19(34)11-31-8-6-27-20(21(31)35)29-12-22(24,25)18-3-1-2-7-33(18)36/h1-9,13-14H,10-12H2,(H,27,29)(H,28,34). The topological polar surface area (TPSA) is 134 Å². The lowest BCUT2D eigenvalue weighted by molar-refractivity contribution is -0.624. The molecule has 4 rings (SSSR count). The van der Waals surface area contributed by atoms with Gasteiger partial charge in [-0.2, -0.15) is 18.6 Å². The van der Waals surface area contributed by atoms with Gasteiger partial charge >= 0.3 is 5.92 Å². The summed E-state index contributed by atoms with van der Waals surface area (Å²) in [6.07, 6.45) is 6.28. The number of hydrogen-bond acceptors (Lipinski definition) is 7. The second kappa shape index (κ2) is 10.5. The van der Waals surface area contributed by atoms with Crippen molar-refractivity contribution in [2.45, 2.75) is 19.0 Å². The molecule has 0 atom stereocenters. The molecule has 0 aliphatic rings. The predicted octanol–water partition coefficient (Wildman–Crippen LogP) is 1.63. The van der Waals surface area contributed by atoms with Crippen LogP contribution in [0.5, 0.6) is 0 Å². The van der Waals surface area contributed by atoms with Crippen LogP contribution >= 0.6 is 11.6 Å². The Kier molecular flexibility index (Phi) is 7.20. The number of pyridine rings is 1. The van der Waals surface area contributed by atoms with Crippen molar-refractivity contribution in [2.75, 3.05) is 11.9 Å². The first-order valence-corrected chi connectivity index (χ1v) is 10.9. The number of hydrogen-bond donors (Lipinski definition) is 2. The number of alkyl halides is 2. The van der Waals surface area contributed by atoms with Crippen LogP contribution in [-0.2, 0) is 23.8 Å². The van der Waals surface area contributed by atoms with Crippen LogP contribution in [0.2, 0.25) is 5.02 Å². The SMILES string of the molecule is O=C(Cn1ccnc(NCC(F)(F)c2cccc[n+]2[O-])c1=O)NCc1cc(Cl)ccc1-n1cncn1. The minimum absolute atomic E-state index is 0.0525. The van der Waals surface area contributed by atoms with E-state index in [9.17, 15) is 23.6 Å². The van der Waals surface area contributed by atoms with Gasteiger partial charge in [-0.25, -0.2) is 14.6 Å². The van der Waals surface area contributed by atoms with Gasteiger partial charge in [0.2, 0.25) is 5.91 Å². The highest BCUT2D eigenvalue weighted by Crippen LogP contribution is 2.25. The zero-order valence-corrected chi connectivity index (χ0v) is 19.3. The van der Waals surface area contributed by atoms with Crippen LogP contribution in [0.3, 0.4) is 0 Å². The van der Waals surface area contributed by atoms with E-state index in [-0.39, 0.29) is 23.6 Å². The first kappa shape index (κ1) is 24.7. The third kappa shape index (κ3) is 5.63. The van der Waals surface area contributed by atoms with Crippen molar-refractivity contribution >= 4 is 23.3 Å². The lowest BCUT2D eigenvalue weighted by atomic mass is 10.1. The number of rotatable bonds is 9. The van der Waals surface area contributed by atoms with Crippen LogP contribution in [0, 0.1) is 5.21 Å². The number of aromatic nitrogens is 6. The van der Waals surface area contributed by atoms with Crippen molar-refractivity contribution in [3.63, 3.8) is 0 Å². The van der Waals surface area contributed by atoms with Gasteiger partial charge < -0.3 is 20.4 Å². The summed E-state index contributed by atoms with van der Waals surface area (Å²) >= 11 is 6.08. The smallest absolute Gasteiger partial charge is 0.347 e. The molecule has 4 aromatic rings. The minimum Gasteiger partial charge on any atom is -0.618 e. The van der Waals surface area contributed by atoms with Gasteiger partial charge in [0.15, 0.2) is 12.0 Å². The second-order valence-corrected chi connectivity index (χ2v) is 8.00. The summed E-state index contributed by atoms with van der Waals surface area (Å²) in [5, 5.41) is 21.1. The Morgan fingerprint density at radius 3 is 2.83 bits per heavy atom. The maximum absolute atomic E-state index is 14.5. The molecular weight excluding hydrogens is 498 g/mol. The number of halogens is 3. The van der Waals surface area contributed by atoms with Gasteiger partial charge in [-0.3, -0.25) is 9.59 Å². The third-order valence-corrected chi connectivity index (χ3v) is 5.32. The third-order valence-electron chi connectivity index (χ3n) is 5.09. The number of anilines is 1. The van der Waals surface area contributed by atoms with E-state index < -0.39 is 29.6 Å². The molecule has 0 saturated heterocycles. The summed E-state index contributed by atoms with van der Waals surface area (Å²) in [5.41, 5.74) is -0.245. The summed E-state index contributed by atoms with van der Waals surface area (Å²) in [5.74, 6) is -4.48. The zero-order valence-electron chi connectivity index (χ0n) is 18.5. The molecule has 186 valence electrons. The molecule has 11 nitrogen and oxygen atoms in total. The quantitative estimate of drug-likeness (QED) is 0.255. The number of carbonyl (C=O) groups excluding carboxylic acids is 1. The van der Waals surface area contributed by atoms with Crippen LogP contribution in [0.25, 0.3) is 5.69 Å². The Balaban J connectivity index is 1.42. The molecule has 0 fully saturated rings. The lowest BCUT2D eigenvalue weighted by Crippen LogP contribution is -2.41. The van der Waals surface area contributed by atoms with Gasteiger partial charge in [-0.1, -0.05) is 11.6 Å². The molecule has 0 aliphatic carbocycles. The molecule has 0 unspecified atom stereocenters. The highest BCUT2D eigenvalue weighted by atomic mass is 35.5. The van der Waals surface area contributed by atoms with Gasteiger partial charge in [0.05, 0.1) is 12.2 Å². The summed E-state index contributed by atoms with van der Waals surface area (Å²) in [4.78, 5) is 32.9. The molecule has 1 amide bonds. The van der Waals surface area contributed by atoms with Crippen LogP contribution < -0.4 is 20.9 Å². The molecule has 0 bridgehead atoms. The van der Waals surface area contributed by atoms with Crippen molar-refractivity contribution in [1.82, 2.24) is 29.6 Å². The Morgan fingerprint density at radius 2 is 2.08 bits per heavy atom. The zero-order chi connectivity index (χ0) is 25.7. The molecular formula is C22H19ClF2N8O3. The van der Waals surface area contributed by atoms with Gasteiger partial charge in [0.1, 0.15) is 19.2 Å². The first-order valence-electron chi connectivity index (χ1n) is 10.5. The molecule has 3 aromatic heterocycles. The van der Waals surface area contributed by atoms with Gasteiger partial charge in [-0.15, -0.1) is 0 Å². The molecule has 0 saturated carbocycles. The van der Waals surface area contributed by atoms with E-state index >= 15 is 0 Å². The summed E-state index contributed by atoms with van der Waals surface area (Å²) in [7, 11) is 0. The summed E-state index contributed by atoms with van der Waals surface area (Å²) < 4.78 is 31.5. The molecule has 36 heavy (non-hydrogen) atoms. The predicted molar refractivity (Wildman–Crippen MR) is 124 cm³/mol. The van der Waals surface area contributed by atoms with Crippen LogP contribution in [0.4, 0.5) is 14.6 Å². The second-order valence-electron chi connectivity index (χ2n) is 7.57. The van der Waals surface area contributed by atoms with E-state index in [0.29, 0.717) is 16.3 Å². The molecule has 0 spiro atoms. The van der Waals surface area contributed by atoms with Crippen LogP contribution in [0.1, 0.15) is 11.3 Å². The van der Waals surface area contributed by atoms with E-state index in [0.717, 1.165) is 16.8 Å². The Bertz CT molecular complexity index is 1430. The average molecular weight is 517 g/mol. The van der Waals surface area contributed by atoms with Crippen molar-refractivity contribution < 1.29 is 18.3 Å². The van der Waals surface area contributed by atoms with Gasteiger partial charge in [0, 0.05) is 36.1 Å². The van der Waals surface area contributed by atoms with E-state index in [4.69, 9.17) is 11.6 Å². The average Bonchev–Trinajstić information content (AvgIpc) is 3.38. The number of nitrogens with one attached hydrogen (secondary N) is 2.